The van der Waals surface area contributed by atoms with Crippen molar-refractivity contribution in [3.05, 3.63) is 140 Å². The number of carbonyl (C=O) groups excluding carboxylic acids is 2. The zero-order valence-electron chi connectivity index (χ0n) is 26.3. The average Bonchev–Trinajstić information content (AvgIpc) is 3.72. The monoisotopic (exact) mass is 744 g/mol. The highest BCUT2D eigenvalue weighted by atomic mass is 35.5. The summed E-state index contributed by atoms with van der Waals surface area (Å²) < 4.78 is 88.6. The summed E-state index contributed by atoms with van der Waals surface area (Å²) in [5, 5.41) is 19.3. The molecule has 18 heteroatoms. The Hall–Kier alpha value is -5.84. The number of ether oxygens (including phenoxy) is 1. The van der Waals surface area contributed by atoms with E-state index >= 15 is 0 Å². The van der Waals surface area contributed by atoms with Gasteiger partial charge in [-0.1, -0.05) is 35.0 Å². The summed E-state index contributed by atoms with van der Waals surface area (Å²) in [6, 6.07) is 14.3. The van der Waals surface area contributed by atoms with Crippen LogP contribution in [0.4, 0.5) is 32.0 Å². The Morgan fingerprint density at radius 2 is 1.56 bits per heavy atom. The first-order valence-electron chi connectivity index (χ1n) is 15.2. The second kappa shape index (κ2) is 14.1. The molecule has 2 aromatic heterocycles. The third-order valence-corrected chi connectivity index (χ3v) is 8.61. The molecule has 3 aromatic carbocycles. The fraction of sp³-hybridized carbons (Fsp3) is 0.206. The van der Waals surface area contributed by atoms with E-state index in [0.717, 1.165) is 16.8 Å². The summed E-state index contributed by atoms with van der Waals surface area (Å²) in [5.74, 6) is -1.58. The number of hydrogen-bond donors (Lipinski definition) is 0. The molecular formula is C34H23ClF6N6O5. The van der Waals surface area contributed by atoms with Crippen LogP contribution in [0.15, 0.2) is 91.3 Å². The number of nitro benzene ring substituents is 1. The minimum absolute atomic E-state index is 0.00184. The van der Waals surface area contributed by atoms with Crippen LogP contribution < -0.4 is 0 Å². The Labute approximate surface area is 294 Å². The average molecular weight is 745 g/mol. The summed E-state index contributed by atoms with van der Waals surface area (Å²) >= 11 is 6.56. The molecule has 1 fully saturated rings. The maximum Gasteiger partial charge on any atom is 0.416 e. The fourth-order valence-electron chi connectivity index (χ4n) is 5.91. The SMILES string of the molecule is O=C(OC1CCN(C(=O)c2nnn(Cc3cc(C(F)(F)F)cc(C(F)(F)F)c3)c2-c2ccncc2)C1c1ccccc1Cl)c1ccc([N+](=O)[O-])cc1. The van der Waals surface area contributed by atoms with Crippen LogP contribution in [0.1, 0.15) is 55.6 Å². The van der Waals surface area contributed by atoms with Crippen LogP contribution in [0.2, 0.25) is 5.02 Å². The van der Waals surface area contributed by atoms with E-state index < -0.39 is 64.5 Å². The molecule has 11 nitrogen and oxygen atoms in total. The number of likely N-dealkylation sites (tertiary alicyclic amines) is 1. The van der Waals surface area contributed by atoms with E-state index in [-0.39, 0.29) is 52.3 Å². The van der Waals surface area contributed by atoms with Gasteiger partial charge in [0.05, 0.1) is 34.2 Å². The van der Waals surface area contributed by atoms with Crippen molar-refractivity contribution in [3.63, 3.8) is 0 Å². The smallest absolute Gasteiger partial charge is 0.416 e. The Morgan fingerprint density at radius 1 is 0.923 bits per heavy atom. The van der Waals surface area contributed by atoms with Crippen molar-refractivity contribution >= 4 is 29.2 Å². The molecule has 1 amide bonds. The van der Waals surface area contributed by atoms with Gasteiger partial charge in [0.2, 0.25) is 0 Å². The number of pyridine rings is 1. The largest absolute Gasteiger partial charge is 0.456 e. The number of hydrogen-bond acceptors (Lipinski definition) is 8. The predicted octanol–water partition coefficient (Wildman–Crippen LogP) is 7.80. The molecule has 0 aliphatic carbocycles. The summed E-state index contributed by atoms with van der Waals surface area (Å²) in [4.78, 5) is 43.3. The summed E-state index contributed by atoms with van der Waals surface area (Å²) in [7, 11) is 0. The lowest BCUT2D eigenvalue weighted by Gasteiger charge is -2.29. The van der Waals surface area contributed by atoms with Crippen molar-refractivity contribution < 1.29 is 45.6 Å². The van der Waals surface area contributed by atoms with Gasteiger partial charge in [-0.05, 0) is 59.7 Å². The second-order valence-corrected chi connectivity index (χ2v) is 12.0. The molecule has 0 saturated carbocycles. The molecular weight excluding hydrogens is 722 g/mol. The van der Waals surface area contributed by atoms with Crippen molar-refractivity contribution in [1.29, 1.82) is 0 Å². The van der Waals surface area contributed by atoms with Crippen molar-refractivity contribution in [1.82, 2.24) is 24.9 Å². The van der Waals surface area contributed by atoms with E-state index in [9.17, 15) is 46.0 Å². The fourth-order valence-corrected chi connectivity index (χ4v) is 6.15. The maximum atomic E-state index is 14.4. The zero-order valence-corrected chi connectivity index (χ0v) is 27.1. The standard InChI is InChI=1S/C34H23ClF6N6O5/c35-26-4-2-1-3-25(26)30-27(52-32(49)21-5-7-24(8-6-21)47(50)51)11-14-45(30)31(48)28-29(20-9-12-42-13-10-20)46(44-43-28)18-19-15-22(33(36,37)38)17-23(16-19)34(39,40)41/h1-10,12-13,15-17,27,30H,11,14,18H2. The van der Waals surface area contributed by atoms with Crippen LogP contribution in [0.3, 0.4) is 0 Å². The van der Waals surface area contributed by atoms with Crippen LogP contribution in [0, 0.1) is 10.1 Å². The number of esters is 1. The van der Waals surface area contributed by atoms with Crippen LogP contribution >= 0.6 is 11.6 Å². The van der Waals surface area contributed by atoms with Gasteiger partial charge in [-0.25, -0.2) is 9.48 Å². The lowest BCUT2D eigenvalue weighted by Crippen LogP contribution is -2.35. The number of non-ortho nitro benzene ring substituents is 1. The molecule has 6 rings (SSSR count). The molecule has 0 bridgehead atoms. The first kappa shape index (κ1) is 36.0. The molecule has 52 heavy (non-hydrogen) atoms. The van der Waals surface area contributed by atoms with Gasteiger partial charge in [-0.15, -0.1) is 5.10 Å². The van der Waals surface area contributed by atoms with Crippen LogP contribution in [-0.4, -0.2) is 54.3 Å². The normalized spacial score (nSPS) is 16.2. The topological polar surface area (TPSA) is 133 Å². The van der Waals surface area contributed by atoms with Crippen LogP contribution in [-0.2, 0) is 23.6 Å². The van der Waals surface area contributed by atoms with E-state index in [4.69, 9.17) is 16.3 Å². The molecule has 0 spiro atoms. The molecule has 0 N–H and O–H groups in total. The lowest BCUT2D eigenvalue weighted by molar-refractivity contribution is -0.384. The summed E-state index contributed by atoms with van der Waals surface area (Å²) in [6.07, 6.45) is -8.31. The molecule has 1 aliphatic heterocycles. The van der Waals surface area contributed by atoms with E-state index in [0.29, 0.717) is 17.7 Å². The van der Waals surface area contributed by atoms with Crippen LogP contribution in [0.5, 0.6) is 0 Å². The highest BCUT2D eigenvalue weighted by Crippen LogP contribution is 2.41. The van der Waals surface area contributed by atoms with Crippen molar-refractivity contribution in [3.8, 4) is 11.3 Å². The van der Waals surface area contributed by atoms with Gasteiger partial charge in [-0.2, -0.15) is 26.3 Å². The Balaban J connectivity index is 1.38. The van der Waals surface area contributed by atoms with Gasteiger partial charge in [0.25, 0.3) is 11.6 Å². The van der Waals surface area contributed by atoms with Crippen molar-refractivity contribution in [2.75, 3.05) is 6.54 Å². The van der Waals surface area contributed by atoms with E-state index in [1.807, 2.05) is 0 Å². The predicted molar refractivity (Wildman–Crippen MR) is 171 cm³/mol. The Bertz CT molecular complexity index is 2110. The third-order valence-electron chi connectivity index (χ3n) is 8.27. The molecule has 3 heterocycles. The minimum atomic E-state index is -5.09. The second-order valence-electron chi connectivity index (χ2n) is 11.6. The van der Waals surface area contributed by atoms with Gasteiger partial charge >= 0.3 is 18.3 Å². The molecule has 5 aromatic rings. The van der Waals surface area contributed by atoms with Gasteiger partial charge in [0, 0.05) is 48.1 Å². The Morgan fingerprint density at radius 3 is 2.15 bits per heavy atom. The number of rotatable bonds is 8. The molecule has 2 atom stereocenters. The summed E-state index contributed by atoms with van der Waals surface area (Å²) in [5.41, 5.74) is -3.32. The van der Waals surface area contributed by atoms with Crippen LogP contribution in [0.25, 0.3) is 11.3 Å². The molecule has 0 radical (unpaired) electrons. The molecule has 2 unspecified atom stereocenters. The number of nitro groups is 1. The van der Waals surface area contributed by atoms with E-state index in [1.165, 1.54) is 41.6 Å². The van der Waals surface area contributed by atoms with E-state index in [2.05, 4.69) is 15.3 Å². The molecule has 1 aliphatic rings. The highest BCUT2D eigenvalue weighted by molar-refractivity contribution is 6.31. The van der Waals surface area contributed by atoms with Gasteiger partial charge in [-0.3, -0.25) is 19.9 Å². The Kier molecular flexibility index (Phi) is 9.72. The van der Waals surface area contributed by atoms with Gasteiger partial charge in [0.15, 0.2) is 5.69 Å². The number of nitrogens with zero attached hydrogens (tertiary/aromatic N) is 6. The summed E-state index contributed by atoms with van der Waals surface area (Å²) in [6.45, 7) is -0.632. The molecule has 1 saturated heterocycles. The van der Waals surface area contributed by atoms with Gasteiger partial charge < -0.3 is 9.64 Å². The number of carbonyl (C=O) groups is 2. The minimum Gasteiger partial charge on any atom is -0.456 e. The number of amides is 1. The molecule has 268 valence electrons. The number of benzene rings is 3. The quantitative estimate of drug-likeness (QED) is 0.0681. The first-order chi connectivity index (χ1) is 24.6. The first-order valence-corrected chi connectivity index (χ1v) is 15.6. The maximum absolute atomic E-state index is 14.4. The highest BCUT2D eigenvalue weighted by Gasteiger charge is 2.44. The van der Waals surface area contributed by atoms with E-state index in [1.54, 1.807) is 24.3 Å². The number of halogens is 7. The zero-order chi connectivity index (χ0) is 37.4. The van der Waals surface area contributed by atoms with Gasteiger partial charge in [0.1, 0.15) is 11.8 Å². The lowest BCUT2D eigenvalue weighted by atomic mass is 10.0. The third kappa shape index (κ3) is 7.44. The number of alkyl halides is 6. The van der Waals surface area contributed by atoms with Crippen molar-refractivity contribution in [2.45, 2.75) is 37.5 Å². The number of aromatic nitrogens is 4. The van der Waals surface area contributed by atoms with Crippen molar-refractivity contribution in [2.24, 2.45) is 0 Å².